The molecule has 0 aliphatic heterocycles. The van der Waals surface area contributed by atoms with Crippen LogP contribution in [-0.2, 0) is 6.54 Å². The molecule has 1 heterocycles. The molecule has 6 heteroatoms. The van der Waals surface area contributed by atoms with E-state index in [0.717, 1.165) is 11.4 Å². The van der Waals surface area contributed by atoms with Gasteiger partial charge in [-0.25, -0.2) is 4.79 Å². The van der Waals surface area contributed by atoms with Crippen molar-refractivity contribution in [2.45, 2.75) is 20.4 Å². The van der Waals surface area contributed by atoms with Gasteiger partial charge in [0, 0.05) is 12.2 Å². The lowest BCUT2D eigenvalue weighted by Crippen LogP contribution is -2.29. The van der Waals surface area contributed by atoms with Crippen molar-refractivity contribution in [1.29, 1.82) is 0 Å². The van der Waals surface area contributed by atoms with Gasteiger partial charge < -0.3 is 10.4 Å². The molecule has 2 aromatic rings. The average Bonchev–Trinajstić information content (AvgIpc) is 2.77. The third kappa shape index (κ3) is 3.47. The molecular weight excluding hydrogens is 270 g/mol. The first-order chi connectivity index (χ1) is 9.99. The third-order valence-electron chi connectivity index (χ3n) is 3.11. The van der Waals surface area contributed by atoms with Crippen molar-refractivity contribution >= 4 is 11.9 Å². The molecule has 2 N–H and O–H groups in total. The lowest BCUT2D eigenvalue weighted by atomic mass is 10.1. The molecule has 0 unspecified atom stereocenters. The van der Waals surface area contributed by atoms with Gasteiger partial charge >= 0.3 is 5.97 Å². The van der Waals surface area contributed by atoms with Crippen LogP contribution < -0.4 is 5.32 Å². The summed E-state index contributed by atoms with van der Waals surface area (Å²) >= 11 is 0. The number of nitrogens with zero attached hydrogens (tertiary/aromatic N) is 2. The summed E-state index contributed by atoms with van der Waals surface area (Å²) in [7, 11) is 0. The summed E-state index contributed by atoms with van der Waals surface area (Å²) in [6, 6.07) is 8.11. The highest BCUT2D eigenvalue weighted by Gasteiger charge is 2.15. The van der Waals surface area contributed by atoms with Crippen LogP contribution in [0.4, 0.5) is 0 Å². The second kappa shape index (κ2) is 6.21. The molecule has 0 fully saturated rings. The summed E-state index contributed by atoms with van der Waals surface area (Å²) in [6.45, 7) is 4.78. The van der Waals surface area contributed by atoms with Gasteiger partial charge in [-0.2, -0.15) is 5.10 Å². The standard InChI is InChI=1S/C15H17N3O3/c1-10-9-11(2)18(17-10)8-7-16-14(19)12-5-3-4-6-13(12)15(20)21/h3-6,9H,7-8H2,1-2H3,(H,16,19)(H,20,21). The van der Waals surface area contributed by atoms with E-state index in [1.165, 1.54) is 12.1 Å². The third-order valence-corrected chi connectivity index (χ3v) is 3.11. The van der Waals surface area contributed by atoms with E-state index in [1.807, 2.05) is 19.9 Å². The zero-order valence-electron chi connectivity index (χ0n) is 12.0. The van der Waals surface area contributed by atoms with E-state index in [2.05, 4.69) is 10.4 Å². The number of carboxylic acid groups (broad SMARTS) is 1. The van der Waals surface area contributed by atoms with Gasteiger partial charge in [0.15, 0.2) is 0 Å². The molecular formula is C15H17N3O3. The van der Waals surface area contributed by atoms with E-state index >= 15 is 0 Å². The number of hydrogen-bond donors (Lipinski definition) is 2. The molecule has 0 aliphatic rings. The Morgan fingerprint density at radius 1 is 1.24 bits per heavy atom. The van der Waals surface area contributed by atoms with Crippen LogP contribution >= 0.6 is 0 Å². The maximum absolute atomic E-state index is 12.0. The molecule has 0 aliphatic carbocycles. The minimum absolute atomic E-state index is 0.00103. The second-order valence-corrected chi connectivity index (χ2v) is 4.76. The summed E-state index contributed by atoms with van der Waals surface area (Å²) in [5.74, 6) is -1.51. The molecule has 6 nitrogen and oxygen atoms in total. The van der Waals surface area contributed by atoms with Crippen molar-refractivity contribution < 1.29 is 14.7 Å². The Bertz CT molecular complexity index is 677. The molecule has 1 aromatic heterocycles. The fraction of sp³-hybridized carbons (Fsp3) is 0.267. The van der Waals surface area contributed by atoms with Gasteiger partial charge in [-0.1, -0.05) is 12.1 Å². The number of carbonyl (C=O) groups is 2. The van der Waals surface area contributed by atoms with Gasteiger partial charge in [0.2, 0.25) is 0 Å². The number of aromatic carboxylic acids is 1. The fourth-order valence-electron chi connectivity index (χ4n) is 2.14. The lowest BCUT2D eigenvalue weighted by molar-refractivity contribution is 0.0691. The molecule has 2 rings (SSSR count). The highest BCUT2D eigenvalue weighted by atomic mass is 16.4. The first-order valence-electron chi connectivity index (χ1n) is 6.60. The second-order valence-electron chi connectivity index (χ2n) is 4.76. The van der Waals surface area contributed by atoms with Crippen molar-refractivity contribution in [1.82, 2.24) is 15.1 Å². The van der Waals surface area contributed by atoms with Crippen molar-refractivity contribution in [3.8, 4) is 0 Å². The minimum Gasteiger partial charge on any atom is -0.478 e. The van der Waals surface area contributed by atoms with Gasteiger partial charge in [0.25, 0.3) is 5.91 Å². The largest absolute Gasteiger partial charge is 0.478 e. The summed E-state index contributed by atoms with van der Waals surface area (Å²) in [6.07, 6.45) is 0. The topological polar surface area (TPSA) is 84.2 Å². The summed E-state index contributed by atoms with van der Waals surface area (Å²) in [5, 5.41) is 16.1. The first-order valence-corrected chi connectivity index (χ1v) is 6.60. The van der Waals surface area contributed by atoms with E-state index in [-0.39, 0.29) is 11.1 Å². The first kappa shape index (κ1) is 14.8. The summed E-state index contributed by atoms with van der Waals surface area (Å²) in [5.41, 5.74) is 2.11. The van der Waals surface area contributed by atoms with Crippen LogP contribution in [0, 0.1) is 13.8 Å². The molecule has 0 radical (unpaired) electrons. The zero-order valence-corrected chi connectivity index (χ0v) is 12.0. The number of rotatable bonds is 5. The van der Waals surface area contributed by atoms with Crippen molar-refractivity contribution in [2.24, 2.45) is 0 Å². The quantitative estimate of drug-likeness (QED) is 0.875. The van der Waals surface area contributed by atoms with E-state index in [4.69, 9.17) is 5.11 Å². The minimum atomic E-state index is -1.11. The Balaban J connectivity index is 1.99. The predicted octanol–water partition coefficient (Wildman–Crippen LogP) is 1.63. The predicted molar refractivity (Wildman–Crippen MR) is 77.4 cm³/mol. The van der Waals surface area contributed by atoms with Gasteiger partial charge in [0.05, 0.1) is 23.4 Å². The van der Waals surface area contributed by atoms with Crippen LogP contribution in [0.2, 0.25) is 0 Å². The zero-order chi connectivity index (χ0) is 15.4. The molecule has 0 bridgehead atoms. The highest BCUT2D eigenvalue weighted by Crippen LogP contribution is 2.08. The molecule has 0 atom stereocenters. The van der Waals surface area contributed by atoms with Crippen molar-refractivity contribution in [3.05, 3.63) is 52.8 Å². The van der Waals surface area contributed by atoms with E-state index < -0.39 is 11.9 Å². The molecule has 1 aromatic carbocycles. The van der Waals surface area contributed by atoms with E-state index in [9.17, 15) is 9.59 Å². The Morgan fingerprint density at radius 2 is 1.90 bits per heavy atom. The Morgan fingerprint density at radius 3 is 2.48 bits per heavy atom. The van der Waals surface area contributed by atoms with Crippen LogP contribution in [0.3, 0.4) is 0 Å². The SMILES string of the molecule is Cc1cc(C)n(CCNC(=O)c2ccccc2C(=O)O)n1. The highest BCUT2D eigenvalue weighted by molar-refractivity contribution is 6.04. The van der Waals surface area contributed by atoms with Crippen LogP contribution in [0.25, 0.3) is 0 Å². The van der Waals surface area contributed by atoms with Gasteiger partial charge in [-0.05, 0) is 32.0 Å². The van der Waals surface area contributed by atoms with Gasteiger partial charge in [-0.15, -0.1) is 0 Å². The molecule has 0 saturated carbocycles. The monoisotopic (exact) mass is 287 g/mol. The summed E-state index contributed by atoms with van der Waals surface area (Å²) < 4.78 is 1.80. The fourth-order valence-corrected chi connectivity index (χ4v) is 2.14. The smallest absolute Gasteiger partial charge is 0.336 e. The van der Waals surface area contributed by atoms with Crippen molar-refractivity contribution in [3.63, 3.8) is 0 Å². The lowest BCUT2D eigenvalue weighted by Gasteiger charge is -2.08. The Hall–Kier alpha value is -2.63. The maximum atomic E-state index is 12.0. The molecule has 0 spiro atoms. The van der Waals surface area contributed by atoms with E-state index in [1.54, 1.807) is 16.8 Å². The van der Waals surface area contributed by atoms with Crippen LogP contribution in [0.5, 0.6) is 0 Å². The van der Waals surface area contributed by atoms with Gasteiger partial charge in [0.1, 0.15) is 0 Å². The number of carbonyl (C=O) groups excluding carboxylic acids is 1. The number of amides is 1. The molecule has 110 valence electrons. The van der Waals surface area contributed by atoms with Crippen molar-refractivity contribution in [2.75, 3.05) is 6.54 Å². The number of aromatic nitrogens is 2. The Kier molecular flexibility index (Phi) is 4.37. The van der Waals surface area contributed by atoms with Crippen LogP contribution in [-0.4, -0.2) is 33.3 Å². The number of aryl methyl sites for hydroxylation is 2. The summed E-state index contributed by atoms with van der Waals surface area (Å²) in [4.78, 5) is 23.1. The van der Waals surface area contributed by atoms with E-state index in [0.29, 0.717) is 13.1 Å². The Labute approximate surface area is 122 Å². The van der Waals surface area contributed by atoms with Gasteiger partial charge in [-0.3, -0.25) is 9.48 Å². The molecule has 21 heavy (non-hydrogen) atoms. The normalized spacial score (nSPS) is 10.4. The van der Waals surface area contributed by atoms with Crippen LogP contribution in [0.1, 0.15) is 32.1 Å². The molecule has 1 amide bonds. The number of carboxylic acids is 1. The molecule has 0 saturated heterocycles. The average molecular weight is 287 g/mol. The van der Waals surface area contributed by atoms with Crippen LogP contribution in [0.15, 0.2) is 30.3 Å². The number of nitrogens with one attached hydrogen (secondary N) is 1. The number of benzene rings is 1. The maximum Gasteiger partial charge on any atom is 0.336 e. The number of hydrogen-bond acceptors (Lipinski definition) is 3.